The molecule has 1 aromatic carbocycles. The molecule has 0 radical (unpaired) electrons. The number of halogens is 1. The predicted octanol–water partition coefficient (Wildman–Crippen LogP) is 2.49. The summed E-state index contributed by atoms with van der Waals surface area (Å²) in [4.78, 5) is 25.3. The summed E-state index contributed by atoms with van der Waals surface area (Å²) in [5, 5.41) is 0. The zero-order valence-electron chi connectivity index (χ0n) is 14.5. The van der Waals surface area contributed by atoms with E-state index in [0.717, 1.165) is 24.9 Å². The van der Waals surface area contributed by atoms with Crippen LogP contribution >= 0.6 is 0 Å². The first-order valence-corrected chi connectivity index (χ1v) is 8.66. The van der Waals surface area contributed by atoms with Crippen LogP contribution in [-0.4, -0.2) is 40.4 Å². The number of hydrogen-bond acceptors (Lipinski definition) is 4. The van der Waals surface area contributed by atoms with Crippen molar-refractivity contribution in [2.75, 3.05) is 24.5 Å². The molecular formula is C20H21FN4O. The molecule has 2 heterocycles. The summed E-state index contributed by atoms with van der Waals surface area (Å²) in [5.41, 5.74) is 0.856. The lowest BCUT2D eigenvalue weighted by atomic mass is 9.96. The topological polar surface area (TPSA) is 49.3 Å². The summed E-state index contributed by atoms with van der Waals surface area (Å²) in [6.45, 7) is 2.02. The predicted molar refractivity (Wildman–Crippen MR) is 97.6 cm³/mol. The van der Waals surface area contributed by atoms with Crippen LogP contribution in [0.2, 0.25) is 0 Å². The molecule has 134 valence electrons. The Morgan fingerprint density at radius 1 is 1.31 bits per heavy atom. The fraction of sp³-hybridized carbons (Fsp3) is 0.350. The van der Waals surface area contributed by atoms with Crippen molar-refractivity contribution in [3.8, 4) is 12.3 Å². The number of amides is 1. The summed E-state index contributed by atoms with van der Waals surface area (Å²) in [6.07, 6.45) is 10.6. The quantitative estimate of drug-likeness (QED) is 0.776. The van der Waals surface area contributed by atoms with E-state index < -0.39 is 0 Å². The largest absolute Gasteiger partial charge is 0.340 e. The summed E-state index contributed by atoms with van der Waals surface area (Å²) in [7, 11) is 0. The zero-order valence-corrected chi connectivity index (χ0v) is 14.5. The average molecular weight is 352 g/mol. The molecule has 1 aliphatic rings. The lowest BCUT2D eigenvalue weighted by molar-refractivity contribution is -0.135. The summed E-state index contributed by atoms with van der Waals surface area (Å²) >= 11 is 0. The molecular weight excluding hydrogens is 331 g/mol. The van der Waals surface area contributed by atoms with Crippen LogP contribution < -0.4 is 4.90 Å². The van der Waals surface area contributed by atoms with E-state index in [-0.39, 0.29) is 24.2 Å². The van der Waals surface area contributed by atoms with Crippen molar-refractivity contribution < 1.29 is 9.18 Å². The van der Waals surface area contributed by atoms with Crippen molar-refractivity contribution in [2.45, 2.75) is 19.4 Å². The van der Waals surface area contributed by atoms with Crippen LogP contribution in [0.25, 0.3) is 0 Å². The Hall–Kier alpha value is -2.94. The average Bonchev–Trinajstić information content (AvgIpc) is 2.69. The highest BCUT2D eigenvalue weighted by Crippen LogP contribution is 2.22. The standard InChI is InChI=1S/C20H21FN4O/c1-2-12-24(14-16-6-8-18(21)9-7-16)19(26)17-5-3-13-25(15-17)20-22-10-4-11-23-20/h1,4,6-11,17H,3,5,12-15H2. The van der Waals surface area contributed by atoms with Gasteiger partial charge in [-0.1, -0.05) is 18.1 Å². The van der Waals surface area contributed by atoms with Gasteiger partial charge in [0, 0.05) is 32.0 Å². The first-order valence-electron chi connectivity index (χ1n) is 8.66. The van der Waals surface area contributed by atoms with Crippen molar-refractivity contribution in [3.63, 3.8) is 0 Å². The first kappa shape index (κ1) is 17.9. The highest BCUT2D eigenvalue weighted by atomic mass is 19.1. The molecule has 1 atom stereocenters. The molecule has 5 nitrogen and oxygen atoms in total. The Morgan fingerprint density at radius 2 is 2.04 bits per heavy atom. The number of benzene rings is 1. The molecule has 1 unspecified atom stereocenters. The Kier molecular flexibility index (Phi) is 5.80. The lowest BCUT2D eigenvalue weighted by Crippen LogP contribution is -2.45. The van der Waals surface area contributed by atoms with Crippen molar-refractivity contribution >= 4 is 11.9 Å². The minimum atomic E-state index is -0.297. The summed E-state index contributed by atoms with van der Waals surface area (Å²) in [5.74, 6) is 2.77. The second-order valence-corrected chi connectivity index (χ2v) is 6.36. The van der Waals surface area contributed by atoms with Gasteiger partial charge < -0.3 is 9.80 Å². The van der Waals surface area contributed by atoms with Crippen molar-refractivity contribution in [1.82, 2.24) is 14.9 Å². The maximum atomic E-state index is 13.1. The van der Waals surface area contributed by atoms with E-state index in [4.69, 9.17) is 6.42 Å². The minimum Gasteiger partial charge on any atom is -0.340 e. The number of carbonyl (C=O) groups excluding carboxylic acids is 1. The number of aromatic nitrogens is 2. The molecule has 26 heavy (non-hydrogen) atoms. The summed E-state index contributed by atoms with van der Waals surface area (Å²) < 4.78 is 13.1. The third kappa shape index (κ3) is 4.37. The summed E-state index contributed by atoms with van der Waals surface area (Å²) in [6, 6.07) is 7.91. The number of hydrogen-bond donors (Lipinski definition) is 0. The number of terminal acetylenes is 1. The molecule has 0 spiro atoms. The van der Waals surface area contributed by atoms with Gasteiger partial charge in [-0.05, 0) is 36.6 Å². The van der Waals surface area contributed by atoms with Crippen LogP contribution in [0.15, 0.2) is 42.7 Å². The molecule has 0 saturated carbocycles. The van der Waals surface area contributed by atoms with E-state index in [9.17, 15) is 9.18 Å². The van der Waals surface area contributed by atoms with Crippen LogP contribution in [-0.2, 0) is 11.3 Å². The van der Waals surface area contributed by atoms with Gasteiger partial charge in [0.05, 0.1) is 12.5 Å². The van der Waals surface area contributed by atoms with Gasteiger partial charge in [0.25, 0.3) is 0 Å². The van der Waals surface area contributed by atoms with Crippen LogP contribution in [0.1, 0.15) is 18.4 Å². The number of anilines is 1. The van der Waals surface area contributed by atoms with Gasteiger partial charge in [0.15, 0.2) is 0 Å². The van der Waals surface area contributed by atoms with E-state index in [2.05, 4.69) is 15.9 Å². The monoisotopic (exact) mass is 352 g/mol. The first-order chi connectivity index (χ1) is 12.7. The fourth-order valence-corrected chi connectivity index (χ4v) is 3.21. The smallest absolute Gasteiger partial charge is 0.228 e. The molecule has 1 aliphatic heterocycles. The molecule has 6 heteroatoms. The number of carbonyl (C=O) groups is 1. The molecule has 1 amide bonds. The van der Waals surface area contributed by atoms with Crippen molar-refractivity contribution in [1.29, 1.82) is 0 Å². The van der Waals surface area contributed by atoms with Gasteiger partial charge in [-0.2, -0.15) is 0 Å². The second-order valence-electron chi connectivity index (χ2n) is 6.36. The van der Waals surface area contributed by atoms with Gasteiger partial charge in [0.1, 0.15) is 5.82 Å². The number of rotatable bonds is 5. The third-order valence-electron chi connectivity index (χ3n) is 4.49. The molecule has 3 rings (SSSR count). The van der Waals surface area contributed by atoms with Crippen molar-refractivity contribution in [2.24, 2.45) is 5.92 Å². The second kappa shape index (κ2) is 8.43. The van der Waals surface area contributed by atoms with Crippen LogP contribution in [0.5, 0.6) is 0 Å². The highest BCUT2D eigenvalue weighted by molar-refractivity contribution is 5.80. The van der Waals surface area contributed by atoms with Crippen LogP contribution in [0.3, 0.4) is 0 Å². The van der Waals surface area contributed by atoms with Gasteiger partial charge in [0.2, 0.25) is 11.9 Å². The maximum Gasteiger partial charge on any atom is 0.228 e. The van der Waals surface area contributed by atoms with Gasteiger partial charge >= 0.3 is 0 Å². The van der Waals surface area contributed by atoms with E-state index in [1.165, 1.54) is 12.1 Å². The van der Waals surface area contributed by atoms with E-state index >= 15 is 0 Å². The Balaban J connectivity index is 1.70. The van der Waals surface area contributed by atoms with Crippen LogP contribution in [0.4, 0.5) is 10.3 Å². The molecule has 1 aromatic heterocycles. The van der Waals surface area contributed by atoms with Crippen molar-refractivity contribution in [3.05, 3.63) is 54.1 Å². The normalized spacial score (nSPS) is 16.8. The van der Waals surface area contributed by atoms with E-state index in [1.807, 2.05) is 4.90 Å². The Labute approximate surface area is 152 Å². The van der Waals surface area contributed by atoms with E-state index in [0.29, 0.717) is 19.0 Å². The van der Waals surface area contributed by atoms with Crippen LogP contribution in [0, 0.1) is 24.1 Å². The maximum absolute atomic E-state index is 13.1. The molecule has 0 aliphatic carbocycles. The third-order valence-corrected chi connectivity index (χ3v) is 4.49. The molecule has 1 saturated heterocycles. The van der Waals surface area contributed by atoms with Gasteiger partial charge in [-0.25, -0.2) is 14.4 Å². The minimum absolute atomic E-state index is 0.0212. The SMILES string of the molecule is C#CCN(Cc1ccc(F)cc1)C(=O)C1CCCN(c2ncccn2)C1. The molecule has 2 aromatic rings. The highest BCUT2D eigenvalue weighted by Gasteiger charge is 2.30. The molecule has 0 N–H and O–H groups in total. The Bertz CT molecular complexity index is 773. The Morgan fingerprint density at radius 3 is 2.73 bits per heavy atom. The zero-order chi connectivity index (χ0) is 18.4. The molecule has 0 bridgehead atoms. The fourth-order valence-electron chi connectivity index (χ4n) is 3.21. The lowest BCUT2D eigenvalue weighted by Gasteiger charge is -2.34. The van der Waals surface area contributed by atoms with Gasteiger partial charge in [-0.15, -0.1) is 6.42 Å². The van der Waals surface area contributed by atoms with Gasteiger partial charge in [-0.3, -0.25) is 4.79 Å². The van der Waals surface area contributed by atoms with E-state index in [1.54, 1.807) is 35.5 Å². The number of nitrogens with zero attached hydrogens (tertiary/aromatic N) is 4. The number of piperidine rings is 1. The molecule has 1 fully saturated rings.